The van der Waals surface area contributed by atoms with Gasteiger partial charge < -0.3 is 24.3 Å². The van der Waals surface area contributed by atoms with Gasteiger partial charge in [-0.2, -0.15) is 0 Å². The van der Waals surface area contributed by atoms with Crippen LogP contribution in [0.5, 0.6) is 23.0 Å². The molecule has 1 amide bonds. The first-order chi connectivity index (χ1) is 13.9. The molecule has 0 fully saturated rings. The summed E-state index contributed by atoms with van der Waals surface area (Å²) >= 11 is 0. The monoisotopic (exact) mass is 431 g/mol. The third-order valence-electron chi connectivity index (χ3n) is 5.10. The fourth-order valence-corrected chi connectivity index (χ4v) is 3.86. The summed E-state index contributed by atoms with van der Waals surface area (Å²) in [6, 6.07) is 6.57. The summed E-state index contributed by atoms with van der Waals surface area (Å²) in [4.78, 5) is 24.5. The zero-order valence-electron chi connectivity index (χ0n) is 17.3. The van der Waals surface area contributed by atoms with Gasteiger partial charge in [0.15, 0.2) is 17.2 Å². The van der Waals surface area contributed by atoms with Gasteiger partial charge in [-0.3, -0.25) is 9.59 Å². The van der Waals surface area contributed by atoms with Crippen molar-refractivity contribution >= 4 is 5.91 Å². The van der Waals surface area contributed by atoms with Crippen molar-refractivity contribution < 1.29 is 23.7 Å². The van der Waals surface area contributed by atoms with Gasteiger partial charge in [0.1, 0.15) is 0 Å². The van der Waals surface area contributed by atoms with Gasteiger partial charge in [0.2, 0.25) is 17.1 Å². The molecule has 0 unspecified atom stereocenters. The first kappa shape index (κ1) is 25.8. The number of amides is 1. The maximum absolute atomic E-state index is 12.6. The van der Waals surface area contributed by atoms with Crippen LogP contribution in [0.25, 0.3) is 11.1 Å². The van der Waals surface area contributed by atoms with E-state index in [-0.39, 0.29) is 38.0 Å². The Labute approximate surface area is 184 Å². The molecule has 7 nitrogen and oxygen atoms in total. The van der Waals surface area contributed by atoms with Crippen molar-refractivity contribution in [3.05, 3.63) is 45.6 Å². The third-order valence-corrected chi connectivity index (χ3v) is 5.10. The number of carbonyl (C=O) groups excluding carboxylic acids is 1. The number of nitrogens with one attached hydrogen (secondary N) is 1. The minimum Gasteiger partial charge on any atom is -0.493 e. The number of rotatable bonds is 5. The van der Waals surface area contributed by atoms with Crippen LogP contribution >= 0.6 is 0 Å². The molecule has 0 spiro atoms. The second kappa shape index (κ2) is 10.7. The number of ether oxygens (including phenoxy) is 4. The lowest BCUT2D eigenvalue weighted by atomic mass is 9.95. The van der Waals surface area contributed by atoms with E-state index in [4.69, 9.17) is 18.9 Å². The van der Waals surface area contributed by atoms with E-state index in [1.165, 1.54) is 20.1 Å². The van der Waals surface area contributed by atoms with Gasteiger partial charge in [-0.1, -0.05) is 20.9 Å². The molecule has 1 atom stereocenters. The van der Waals surface area contributed by atoms with Crippen molar-refractivity contribution in [3.63, 3.8) is 0 Å². The molecule has 1 aliphatic carbocycles. The van der Waals surface area contributed by atoms with Gasteiger partial charge in [0, 0.05) is 12.5 Å². The maximum Gasteiger partial charge on any atom is 0.220 e. The molecule has 170 valence electrons. The number of fused-ring (bicyclic) bond motifs is 3. The molecule has 0 saturated heterocycles. The van der Waals surface area contributed by atoms with Crippen LogP contribution in [0.4, 0.5) is 0 Å². The Kier molecular flexibility index (Phi) is 8.91. The van der Waals surface area contributed by atoms with E-state index in [0.29, 0.717) is 35.7 Å². The second-order valence-corrected chi connectivity index (χ2v) is 6.75. The molecule has 31 heavy (non-hydrogen) atoms. The van der Waals surface area contributed by atoms with E-state index in [1.54, 1.807) is 27.4 Å². The van der Waals surface area contributed by atoms with Crippen LogP contribution in [-0.4, -0.2) is 34.3 Å². The lowest BCUT2D eigenvalue weighted by molar-refractivity contribution is -0.119. The second-order valence-electron chi connectivity index (χ2n) is 6.75. The molecule has 0 aliphatic heterocycles. The number of methoxy groups -OCH3 is 4. The highest BCUT2D eigenvalue weighted by molar-refractivity contribution is 5.83. The van der Waals surface area contributed by atoms with Crippen LogP contribution in [0.3, 0.4) is 0 Å². The molecule has 0 saturated carbocycles. The number of hydrogen-bond acceptors (Lipinski definition) is 6. The van der Waals surface area contributed by atoms with Crippen molar-refractivity contribution in [1.82, 2.24) is 5.32 Å². The Morgan fingerprint density at radius 3 is 2.13 bits per heavy atom. The van der Waals surface area contributed by atoms with Gasteiger partial charge >= 0.3 is 0 Å². The molecule has 3 rings (SSSR count). The van der Waals surface area contributed by atoms with E-state index >= 15 is 0 Å². The Morgan fingerprint density at radius 2 is 1.58 bits per heavy atom. The molecular weight excluding hydrogens is 398 g/mol. The Hall–Kier alpha value is -3.22. The number of carbonyl (C=O) groups is 1. The topological polar surface area (TPSA) is 83.1 Å². The molecule has 1 aliphatic rings. The highest BCUT2D eigenvalue weighted by Gasteiger charge is 2.29. The minimum absolute atomic E-state index is 0. The predicted molar refractivity (Wildman–Crippen MR) is 123 cm³/mol. The van der Waals surface area contributed by atoms with Crippen molar-refractivity contribution in [2.45, 2.75) is 40.7 Å². The van der Waals surface area contributed by atoms with Crippen LogP contribution < -0.4 is 29.7 Å². The summed E-state index contributed by atoms with van der Waals surface area (Å²) in [5, 5.41) is 2.96. The normalized spacial score (nSPS) is 13.8. The van der Waals surface area contributed by atoms with Gasteiger partial charge in [0.25, 0.3) is 0 Å². The Morgan fingerprint density at radius 1 is 0.935 bits per heavy atom. The average Bonchev–Trinajstić information content (AvgIpc) is 2.95. The summed E-state index contributed by atoms with van der Waals surface area (Å²) in [5.41, 5.74) is 3.01. The third kappa shape index (κ3) is 4.76. The molecule has 0 aromatic heterocycles. The van der Waals surface area contributed by atoms with Crippen molar-refractivity contribution in [2.75, 3.05) is 28.4 Å². The van der Waals surface area contributed by atoms with E-state index in [2.05, 4.69) is 5.32 Å². The largest absolute Gasteiger partial charge is 0.493 e. The highest BCUT2D eigenvalue weighted by atomic mass is 16.5. The molecule has 2 aromatic carbocycles. The number of hydrogen-bond donors (Lipinski definition) is 1. The molecule has 2 aromatic rings. The smallest absolute Gasteiger partial charge is 0.220 e. The highest BCUT2D eigenvalue weighted by Crippen LogP contribution is 2.50. The van der Waals surface area contributed by atoms with Gasteiger partial charge in [-0.15, -0.1) is 0 Å². The van der Waals surface area contributed by atoms with Crippen molar-refractivity contribution in [3.8, 4) is 34.1 Å². The van der Waals surface area contributed by atoms with Crippen LogP contribution in [0.1, 0.15) is 45.4 Å². The molecule has 1 N–H and O–H groups in total. The standard InChI is InChI=1S/C22H25NO6.2CH4/c1-12(24)23-16-8-6-13-10-19(27-3)21(28-4)22(29-5)20(13)14-7-9-18(26-2)17(25)11-15(14)16;;/h7,9-11,16H,6,8H2,1-5H3,(H,23,24);2*1H4/t16-;;/m0../s1. The van der Waals surface area contributed by atoms with Crippen molar-refractivity contribution in [1.29, 1.82) is 0 Å². The van der Waals surface area contributed by atoms with E-state index in [1.807, 2.05) is 12.1 Å². The van der Waals surface area contributed by atoms with E-state index in [0.717, 1.165) is 16.7 Å². The molecule has 0 bridgehead atoms. The Bertz CT molecular complexity index is 1000. The maximum atomic E-state index is 12.6. The minimum atomic E-state index is -0.332. The SMILES string of the molecule is C.C.COc1cc2c(c(OC)c1OC)-c1ccc(OC)c(=O)cc1[C@@H](NC(C)=O)CC2. The van der Waals surface area contributed by atoms with E-state index in [9.17, 15) is 9.59 Å². The van der Waals surface area contributed by atoms with Gasteiger partial charge in [-0.25, -0.2) is 0 Å². The van der Waals surface area contributed by atoms with Crippen molar-refractivity contribution in [2.24, 2.45) is 0 Å². The van der Waals surface area contributed by atoms with Gasteiger partial charge in [-0.05, 0) is 47.7 Å². The first-order valence-electron chi connectivity index (χ1n) is 9.26. The number of benzene rings is 1. The summed E-state index contributed by atoms with van der Waals surface area (Å²) < 4.78 is 22.0. The first-order valence-corrected chi connectivity index (χ1v) is 9.26. The molecule has 0 heterocycles. The summed E-state index contributed by atoms with van der Waals surface area (Å²) in [6.07, 6.45) is 1.27. The van der Waals surface area contributed by atoms with Crippen LogP contribution in [-0.2, 0) is 11.2 Å². The zero-order chi connectivity index (χ0) is 21.1. The molecule has 7 heteroatoms. The fourth-order valence-electron chi connectivity index (χ4n) is 3.86. The van der Waals surface area contributed by atoms with Crippen LogP contribution in [0.2, 0.25) is 0 Å². The quantitative estimate of drug-likeness (QED) is 0.766. The lowest BCUT2D eigenvalue weighted by Crippen LogP contribution is -2.26. The lowest BCUT2D eigenvalue weighted by Gasteiger charge is -2.19. The fraction of sp³-hybridized carbons (Fsp3) is 0.417. The number of aryl methyl sites for hydroxylation is 1. The molecular formula is C24H33NO6. The Balaban J connectivity index is 0.00000240. The summed E-state index contributed by atoms with van der Waals surface area (Å²) in [6.45, 7) is 1.46. The molecule has 0 radical (unpaired) electrons. The summed E-state index contributed by atoms with van der Waals surface area (Å²) in [7, 11) is 6.14. The van der Waals surface area contributed by atoms with Gasteiger partial charge in [0.05, 0.1) is 34.5 Å². The van der Waals surface area contributed by atoms with E-state index < -0.39 is 0 Å². The predicted octanol–water partition coefficient (Wildman–Crippen LogP) is 4.14. The average molecular weight is 432 g/mol. The zero-order valence-corrected chi connectivity index (χ0v) is 17.3. The van der Waals surface area contributed by atoms with Crippen LogP contribution in [0, 0.1) is 0 Å². The summed E-state index contributed by atoms with van der Waals surface area (Å²) in [5.74, 6) is 1.60. The van der Waals surface area contributed by atoms with Crippen LogP contribution in [0.15, 0.2) is 29.1 Å².